The largest absolute Gasteiger partial charge is 0.323 e. The Balaban J connectivity index is 1.54. The van der Waals surface area contributed by atoms with Gasteiger partial charge < -0.3 is 5.32 Å². The van der Waals surface area contributed by atoms with Gasteiger partial charge in [-0.2, -0.15) is 13.1 Å². The minimum absolute atomic E-state index is 0.0280. The molecule has 0 spiro atoms. The van der Waals surface area contributed by atoms with Gasteiger partial charge in [0.1, 0.15) is 21.7 Å². The molecule has 0 unspecified atom stereocenters. The molecule has 7 nitrogen and oxygen atoms in total. The van der Waals surface area contributed by atoms with Gasteiger partial charge >= 0.3 is 0 Å². The van der Waals surface area contributed by atoms with Crippen LogP contribution in [0, 0.1) is 11.7 Å². The highest BCUT2D eigenvalue weighted by atomic mass is 79.9. The molecule has 2 heterocycles. The predicted molar refractivity (Wildman–Crippen MR) is 112 cm³/mol. The van der Waals surface area contributed by atoms with Crippen molar-refractivity contribution in [1.29, 1.82) is 0 Å². The summed E-state index contributed by atoms with van der Waals surface area (Å²) in [6.45, 7) is 0.340. The lowest BCUT2D eigenvalue weighted by Gasteiger charge is -2.31. The first-order valence-electron chi connectivity index (χ1n) is 8.83. The molecule has 4 rings (SSSR count). The molecule has 3 aromatic rings. The molecule has 29 heavy (non-hydrogen) atoms. The number of benzene rings is 2. The number of hydrogen-bond acceptors (Lipinski definition) is 6. The zero-order chi connectivity index (χ0) is 20.6. The van der Waals surface area contributed by atoms with E-state index in [0.717, 1.165) is 11.7 Å². The number of nitrogens with zero attached hydrogens (tertiary/aromatic N) is 3. The van der Waals surface area contributed by atoms with Crippen LogP contribution in [0.5, 0.6) is 0 Å². The molecular weight excluding hydrogens is 483 g/mol. The van der Waals surface area contributed by atoms with Gasteiger partial charge in [-0.15, -0.1) is 0 Å². The first-order chi connectivity index (χ1) is 13.9. The van der Waals surface area contributed by atoms with Crippen molar-refractivity contribution in [2.45, 2.75) is 17.7 Å². The Morgan fingerprint density at radius 2 is 2.10 bits per heavy atom. The van der Waals surface area contributed by atoms with Crippen LogP contribution in [0.2, 0.25) is 0 Å². The summed E-state index contributed by atoms with van der Waals surface area (Å²) in [5.74, 6) is -1.54. The highest BCUT2D eigenvalue weighted by Gasteiger charge is 2.34. The van der Waals surface area contributed by atoms with Crippen LogP contribution in [0.4, 0.5) is 10.1 Å². The van der Waals surface area contributed by atoms with Crippen molar-refractivity contribution >= 4 is 60.3 Å². The third-order valence-corrected chi connectivity index (χ3v) is 7.74. The van der Waals surface area contributed by atoms with Gasteiger partial charge in [0.05, 0.1) is 23.3 Å². The molecule has 1 aromatic heterocycles. The summed E-state index contributed by atoms with van der Waals surface area (Å²) < 4.78 is 50.4. The third-order valence-electron chi connectivity index (χ3n) is 4.81. The minimum Gasteiger partial charge on any atom is -0.323 e. The van der Waals surface area contributed by atoms with Crippen molar-refractivity contribution in [3.05, 3.63) is 46.7 Å². The van der Waals surface area contributed by atoms with Gasteiger partial charge in [0.2, 0.25) is 15.9 Å². The Morgan fingerprint density at radius 1 is 1.28 bits per heavy atom. The second-order valence-electron chi connectivity index (χ2n) is 6.70. The van der Waals surface area contributed by atoms with Crippen molar-refractivity contribution in [2.75, 3.05) is 18.4 Å². The second-order valence-corrected chi connectivity index (χ2v) is 10.1. The molecule has 1 N–H and O–H groups in total. The number of hydrogen-bond donors (Lipinski definition) is 1. The third kappa shape index (κ3) is 4.04. The number of nitrogens with one attached hydrogen (secondary N) is 1. The van der Waals surface area contributed by atoms with Crippen molar-refractivity contribution in [3.63, 3.8) is 0 Å². The van der Waals surface area contributed by atoms with Crippen molar-refractivity contribution < 1.29 is 17.6 Å². The molecule has 0 radical (unpaired) electrons. The van der Waals surface area contributed by atoms with Gasteiger partial charge in [-0.05, 0) is 43.2 Å². The zero-order valence-electron chi connectivity index (χ0n) is 15.0. The SMILES string of the molecule is O=C(Nc1ccc(Br)cc1F)[C@H]1CCCN(S(=O)(=O)c2cccc3nsnc23)C1. The maximum Gasteiger partial charge on any atom is 0.245 e. The molecule has 0 aliphatic carbocycles. The van der Waals surface area contributed by atoms with Crippen molar-refractivity contribution in [3.8, 4) is 0 Å². The fourth-order valence-corrected chi connectivity index (χ4v) is 5.94. The Kier molecular flexibility index (Phi) is 5.65. The van der Waals surface area contributed by atoms with Crippen LogP contribution < -0.4 is 5.32 Å². The summed E-state index contributed by atoms with van der Waals surface area (Å²) in [5.41, 5.74) is 0.922. The number of anilines is 1. The topological polar surface area (TPSA) is 92.3 Å². The molecule has 1 atom stereocenters. The lowest BCUT2D eigenvalue weighted by Crippen LogP contribution is -2.43. The smallest absolute Gasteiger partial charge is 0.245 e. The van der Waals surface area contributed by atoms with Gasteiger partial charge in [-0.1, -0.05) is 22.0 Å². The molecule has 1 amide bonds. The standard InChI is InChI=1S/C18H16BrFN4O3S2/c19-12-6-7-14(13(20)9-12)21-18(25)11-3-2-8-24(10-11)29(26,27)16-5-1-4-15-17(16)23-28-22-15/h1,4-7,9,11H,2-3,8,10H2,(H,21,25)/t11-/m0/s1. The molecule has 1 fully saturated rings. The molecule has 1 aliphatic heterocycles. The van der Waals surface area contributed by atoms with Gasteiger partial charge in [-0.3, -0.25) is 4.79 Å². The van der Waals surface area contributed by atoms with E-state index in [1.54, 1.807) is 18.2 Å². The Labute approximate surface area is 179 Å². The number of aromatic nitrogens is 2. The predicted octanol–water partition coefficient (Wildman–Crippen LogP) is 3.63. The van der Waals surface area contributed by atoms with Crippen LogP contribution in [0.25, 0.3) is 11.0 Å². The van der Waals surface area contributed by atoms with Gasteiger partial charge in [0.25, 0.3) is 0 Å². The number of sulfonamides is 1. The molecule has 1 saturated heterocycles. The van der Waals surface area contributed by atoms with Crippen LogP contribution in [-0.2, 0) is 14.8 Å². The van der Waals surface area contributed by atoms with Crippen LogP contribution in [0.15, 0.2) is 45.8 Å². The summed E-state index contributed by atoms with van der Waals surface area (Å²) in [6.07, 6.45) is 1.06. The highest BCUT2D eigenvalue weighted by Crippen LogP contribution is 2.29. The second kappa shape index (κ2) is 8.05. The van der Waals surface area contributed by atoms with E-state index in [9.17, 15) is 17.6 Å². The number of piperidine rings is 1. The molecule has 2 aromatic carbocycles. The molecular formula is C18H16BrFN4O3S2. The first kappa shape index (κ1) is 20.3. The van der Waals surface area contributed by atoms with Crippen LogP contribution in [-0.4, -0.2) is 40.5 Å². The number of carbonyl (C=O) groups excluding carboxylic acids is 1. The van der Waals surface area contributed by atoms with Crippen LogP contribution in [0.1, 0.15) is 12.8 Å². The fourth-order valence-electron chi connectivity index (χ4n) is 3.33. The van der Waals surface area contributed by atoms with E-state index >= 15 is 0 Å². The summed E-state index contributed by atoms with van der Waals surface area (Å²) in [4.78, 5) is 12.7. The number of fused-ring (bicyclic) bond motifs is 1. The van der Waals surface area contributed by atoms with E-state index in [4.69, 9.17) is 0 Å². The minimum atomic E-state index is -3.83. The monoisotopic (exact) mass is 498 g/mol. The lowest BCUT2D eigenvalue weighted by atomic mass is 9.98. The van der Waals surface area contributed by atoms with Crippen LogP contribution in [0.3, 0.4) is 0 Å². The fraction of sp³-hybridized carbons (Fsp3) is 0.278. The maximum atomic E-state index is 14.0. The first-order valence-corrected chi connectivity index (χ1v) is 11.8. The number of carbonyl (C=O) groups is 1. The number of halogens is 2. The summed E-state index contributed by atoms with van der Waals surface area (Å²) in [5, 5.41) is 2.57. The van der Waals surface area contributed by atoms with Gasteiger partial charge in [-0.25, -0.2) is 12.8 Å². The van der Waals surface area contributed by atoms with E-state index in [-0.39, 0.29) is 17.1 Å². The normalized spacial score (nSPS) is 18.1. The highest BCUT2D eigenvalue weighted by molar-refractivity contribution is 9.10. The quantitative estimate of drug-likeness (QED) is 0.592. The summed E-state index contributed by atoms with van der Waals surface area (Å²) in [7, 11) is -3.83. The van der Waals surface area contributed by atoms with Gasteiger partial charge in [0.15, 0.2) is 0 Å². The van der Waals surface area contributed by atoms with E-state index in [2.05, 4.69) is 30.0 Å². The average Bonchev–Trinajstić information content (AvgIpc) is 3.19. The van der Waals surface area contributed by atoms with Crippen molar-refractivity contribution in [1.82, 2.24) is 13.1 Å². The molecule has 0 bridgehead atoms. The number of amides is 1. The van der Waals surface area contributed by atoms with E-state index in [0.29, 0.717) is 34.9 Å². The van der Waals surface area contributed by atoms with E-state index in [1.807, 2.05) is 0 Å². The van der Waals surface area contributed by atoms with E-state index in [1.165, 1.54) is 22.5 Å². The molecule has 1 aliphatic rings. The summed E-state index contributed by atoms with van der Waals surface area (Å²) in [6, 6.07) is 9.18. The summed E-state index contributed by atoms with van der Waals surface area (Å²) >= 11 is 4.12. The number of rotatable bonds is 4. The van der Waals surface area contributed by atoms with Gasteiger partial charge in [0, 0.05) is 17.6 Å². The Bertz CT molecular complexity index is 1180. The Hall–Kier alpha value is -1.95. The van der Waals surface area contributed by atoms with Crippen molar-refractivity contribution in [2.24, 2.45) is 5.92 Å². The molecule has 152 valence electrons. The lowest BCUT2D eigenvalue weighted by molar-refractivity contribution is -0.120. The zero-order valence-corrected chi connectivity index (χ0v) is 18.2. The molecule has 11 heteroatoms. The van der Waals surface area contributed by atoms with E-state index < -0.39 is 27.7 Å². The maximum absolute atomic E-state index is 14.0. The average molecular weight is 499 g/mol. The Morgan fingerprint density at radius 3 is 2.90 bits per heavy atom. The van der Waals surface area contributed by atoms with Crippen LogP contribution >= 0.6 is 27.7 Å². The molecule has 0 saturated carbocycles.